The van der Waals surface area contributed by atoms with Crippen LogP contribution in [0.25, 0.3) is 5.69 Å². The Balaban J connectivity index is 1.98. The number of amides is 1. The smallest absolute Gasteiger partial charge is 0.305 e. The number of nitrogens with one attached hydrogen (secondary N) is 1. The number of aromatic nitrogens is 2. The highest BCUT2D eigenvalue weighted by atomic mass is 19.1. The zero-order valence-corrected chi connectivity index (χ0v) is 19.8. The average molecular weight is 505 g/mol. The van der Waals surface area contributed by atoms with E-state index in [4.69, 9.17) is 4.74 Å². The normalized spacial score (nSPS) is 13.8. The van der Waals surface area contributed by atoms with Crippen LogP contribution in [0.1, 0.15) is 49.3 Å². The van der Waals surface area contributed by atoms with Crippen molar-refractivity contribution in [1.29, 1.82) is 0 Å². The molecule has 11 heteroatoms. The fourth-order valence-corrected chi connectivity index (χ4v) is 3.24. The highest BCUT2D eigenvalue weighted by Crippen LogP contribution is 2.27. The van der Waals surface area contributed by atoms with Crippen LogP contribution < -0.4 is 10.1 Å². The first-order chi connectivity index (χ1) is 16.9. The second kappa shape index (κ2) is 10.8. The van der Waals surface area contributed by atoms with E-state index in [-0.39, 0.29) is 29.8 Å². The van der Waals surface area contributed by atoms with Gasteiger partial charge in [-0.3, -0.25) is 9.59 Å². The summed E-state index contributed by atoms with van der Waals surface area (Å²) in [5.74, 6) is -5.39. The molecule has 0 saturated carbocycles. The molecule has 2 atom stereocenters. The minimum absolute atomic E-state index is 0.0574. The molecular formula is C25H26F3N3O5. The molecule has 0 aliphatic rings. The highest BCUT2D eigenvalue weighted by molar-refractivity contribution is 5.93. The lowest BCUT2D eigenvalue weighted by atomic mass is 9.94. The Morgan fingerprint density at radius 1 is 1.08 bits per heavy atom. The van der Waals surface area contributed by atoms with Crippen molar-refractivity contribution >= 4 is 11.9 Å². The van der Waals surface area contributed by atoms with Crippen LogP contribution in [0.5, 0.6) is 5.88 Å². The lowest BCUT2D eigenvalue weighted by molar-refractivity contribution is -0.137. The molecule has 1 heterocycles. The lowest BCUT2D eigenvalue weighted by Crippen LogP contribution is -2.38. The summed E-state index contributed by atoms with van der Waals surface area (Å²) >= 11 is 0. The van der Waals surface area contributed by atoms with Gasteiger partial charge in [-0.05, 0) is 37.1 Å². The molecule has 0 unspecified atom stereocenters. The van der Waals surface area contributed by atoms with Crippen LogP contribution in [0.4, 0.5) is 13.2 Å². The number of carbonyl (C=O) groups is 2. The van der Waals surface area contributed by atoms with E-state index in [1.54, 1.807) is 20.8 Å². The summed E-state index contributed by atoms with van der Waals surface area (Å²) in [5, 5.41) is 26.1. The molecule has 2 aromatic carbocycles. The van der Waals surface area contributed by atoms with Crippen LogP contribution in [0.15, 0.2) is 48.5 Å². The maximum atomic E-state index is 14.5. The van der Waals surface area contributed by atoms with E-state index >= 15 is 0 Å². The minimum atomic E-state index is -1.55. The third-order valence-electron chi connectivity index (χ3n) is 5.78. The van der Waals surface area contributed by atoms with Crippen molar-refractivity contribution in [3.8, 4) is 11.6 Å². The molecule has 192 valence electrons. The Bertz CT molecular complexity index is 1240. The van der Waals surface area contributed by atoms with Crippen LogP contribution in [-0.4, -0.2) is 44.1 Å². The molecule has 8 nitrogen and oxygen atoms in total. The summed E-state index contributed by atoms with van der Waals surface area (Å²) in [6, 6.07) is 8.16. The van der Waals surface area contributed by atoms with Gasteiger partial charge in [0.05, 0.1) is 18.1 Å². The summed E-state index contributed by atoms with van der Waals surface area (Å²) in [4.78, 5) is 24.3. The van der Waals surface area contributed by atoms with Crippen molar-refractivity contribution in [2.45, 2.75) is 38.8 Å². The van der Waals surface area contributed by atoms with Crippen molar-refractivity contribution in [2.24, 2.45) is 5.92 Å². The molecule has 0 aliphatic carbocycles. The molecular weight excluding hydrogens is 479 g/mol. The third-order valence-corrected chi connectivity index (χ3v) is 5.78. The van der Waals surface area contributed by atoms with Gasteiger partial charge in [-0.1, -0.05) is 32.0 Å². The quantitative estimate of drug-likeness (QED) is 0.384. The fourth-order valence-electron chi connectivity index (χ4n) is 3.24. The van der Waals surface area contributed by atoms with Gasteiger partial charge in [-0.25, -0.2) is 13.2 Å². The predicted molar refractivity (Wildman–Crippen MR) is 123 cm³/mol. The number of rotatable bonds is 10. The number of hydrogen-bond acceptors (Lipinski definition) is 5. The van der Waals surface area contributed by atoms with Crippen molar-refractivity contribution < 1.29 is 37.7 Å². The molecule has 0 radical (unpaired) electrons. The topological polar surface area (TPSA) is 114 Å². The Hall–Kier alpha value is -3.86. The van der Waals surface area contributed by atoms with Gasteiger partial charge in [0.25, 0.3) is 5.91 Å². The minimum Gasteiger partial charge on any atom is -0.481 e. The number of aliphatic carboxylic acids is 1. The van der Waals surface area contributed by atoms with Crippen LogP contribution in [0, 0.1) is 23.4 Å². The number of carbonyl (C=O) groups excluding carboxylic acids is 1. The standard InChI is InChI=1S/C25H26F3N3O5/c1-14(2)25(3,35)13-36-21-11-19(30-31(21)20-10-5-4-7-15(20)26)24(34)29-18(12-22(32)33)23-16(27)8-6-9-17(23)28/h4-11,14,18,35H,12-13H2,1-3H3,(H,29,34)(H,32,33)/t18-,25+/m0/s1. The zero-order valence-electron chi connectivity index (χ0n) is 19.8. The summed E-state index contributed by atoms with van der Waals surface area (Å²) in [6.07, 6.45) is -0.807. The molecule has 1 amide bonds. The lowest BCUT2D eigenvalue weighted by Gasteiger charge is -2.27. The van der Waals surface area contributed by atoms with Gasteiger partial charge >= 0.3 is 5.97 Å². The molecule has 36 heavy (non-hydrogen) atoms. The molecule has 0 bridgehead atoms. The Morgan fingerprint density at radius 3 is 2.28 bits per heavy atom. The van der Waals surface area contributed by atoms with Crippen molar-refractivity contribution in [1.82, 2.24) is 15.1 Å². The first kappa shape index (κ1) is 26.7. The predicted octanol–water partition coefficient (Wildman–Crippen LogP) is 4.02. The monoisotopic (exact) mass is 505 g/mol. The Kier molecular flexibility index (Phi) is 8.03. The number of benzene rings is 2. The van der Waals surface area contributed by atoms with E-state index < -0.39 is 53.0 Å². The molecule has 3 aromatic rings. The summed E-state index contributed by atoms with van der Waals surface area (Å²) < 4.78 is 49.9. The third kappa shape index (κ3) is 6.03. The molecule has 0 fully saturated rings. The van der Waals surface area contributed by atoms with E-state index in [1.807, 2.05) is 0 Å². The van der Waals surface area contributed by atoms with Gasteiger partial charge in [-0.2, -0.15) is 9.78 Å². The number of nitrogens with zero attached hydrogens (tertiary/aromatic N) is 2. The van der Waals surface area contributed by atoms with Gasteiger partial charge in [-0.15, -0.1) is 0 Å². The molecule has 0 saturated heterocycles. The van der Waals surface area contributed by atoms with Crippen molar-refractivity contribution in [3.05, 3.63) is 77.2 Å². The number of carboxylic acids is 1. The number of carboxylic acid groups (broad SMARTS) is 1. The number of para-hydroxylation sites is 1. The fraction of sp³-hybridized carbons (Fsp3) is 0.320. The Morgan fingerprint density at radius 2 is 1.69 bits per heavy atom. The average Bonchev–Trinajstić information content (AvgIpc) is 3.21. The summed E-state index contributed by atoms with van der Waals surface area (Å²) in [6.45, 7) is 4.89. The van der Waals surface area contributed by atoms with E-state index in [2.05, 4.69) is 10.4 Å². The SMILES string of the molecule is CC(C)[C@](C)(O)COc1cc(C(=O)N[C@@H](CC(=O)O)c2c(F)cccc2F)nn1-c1ccccc1F. The van der Waals surface area contributed by atoms with E-state index in [1.165, 1.54) is 24.3 Å². The Labute approximate surface area is 205 Å². The second-order valence-corrected chi connectivity index (χ2v) is 8.79. The first-order valence-electron chi connectivity index (χ1n) is 11.1. The van der Waals surface area contributed by atoms with E-state index in [9.17, 15) is 33.0 Å². The molecule has 1 aromatic heterocycles. The first-order valence-corrected chi connectivity index (χ1v) is 11.1. The van der Waals surface area contributed by atoms with Gasteiger partial charge in [0, 0.05) is 11.6 Å². The molecule has 3 rings (SSSR count). The van der Waals surface area contributed by atoms with Gasteiger partial charge in [0.1, 0.15) is 29.7 Å². The van der Waals surface area contributed by atoms with Crippen molar-refractivity contribution in [2.75, 3.05) is 6.61 Å². The maximum Gasteiger partial charge on any atom is 0.305 e. The molecule has 0 aliphatic heterocycles. The maximum absolute atomic E-state index is 14.5. The van der Waals surface area contributed by atoms with E-state index in [0.717, 1.165) is 28.9 Å². The van der Waals surface area contributed by atoms with Crippen LogP contribution >= 0.6 is 0 Å². The van der Waals surface area contributed by atoms with Crippen molar-refractivity contribution in [3.63, 3.8) is 0 Å². The zero-order chi connectivity index (χ0) is 26.6. The highest BCUT2D eigenvalue weighted by Gasteiger charge is 2.29. The number of aliphatic hydroxyl groups is 1. The van der Waals surface area contributed by atoms with Gasteiger partial charge in [0.15, 0.2) is 5.69 Å². The summed E-state index contributed by atoms with van der Waals surface area (Å²) in [7, 11) is 0. The van der Waals surface area contributed by atoms with Crippen LogP contribution in [-0.2, 0) is 4.79 Å². The van der Waals surface area contributed by atoms with Gasteiger partial charge in [0.2, 0.25) is 5.88 Å². The van der Waals surface area contributed by atoms with E-state index in [0.29, 0.717) is 0 Å². The number of ether oxygens (including phenoxy) is 1. The largest absolute Gasteiger partial charge is 0.481 e. The van der Waals surface area contributed by atoms with Crippen LogP contribution in [0.3, 0.4) is 0 Å². The molecule has 3 N–H and O–H groups in total. The second-order valence-electron chi connectivity index (χ2n) is 8.79. The summed E-state index contributed by atoms with van der Waals surface area (Å²) in [5.41, 5.74) is -2.27. The van der Waals surface area contributed by atoms with Crippen LogP contribution in [0.2, 0.25) is 0 Å². The van der Waals surface area contributed by atoms with Gasteiger partial charge < -0.3 is 20.3 Å². The number of halogens is 3. The number of hydrogen-bond donors (Lipinski definition) is 3. The molecule has 0 spiro atoms.